The van der Waals surface area contributed by atoms with Crippen molar-refractivity contribution in [2.24, 2.45) is 0 Å². The van der Waals surface area contributed by atoms with Crippen molar-refractivity contribution in [3.05, 3.63) is 130 Å². The molecule has 224 valence electrons. The number of sulfonamides is 1. The first kappa shape index (κ1) is 32.0. The van der Waals surface area contributed by atoms with E-state index in [0.29, 0.717) is 5.69 Å². The molecule has 0 aliphatic rings. The summed E-state index contributed by atoms with van der Waals surface area (Å²) in [4.78, 5) is 29.7. The molecule has 1 atom stereocenters. The number of nitrogens with one attached hydrogen (secondary N) is 1. The fourth-order valence-corrected chi connectivity index (χ4v) is 6.44. The molecule has 2 amide bonds. The van der Waals surface area contributed by atoms with Crippen molar-refractivity contribution in [1.29, 1.82) is 0 Å². The van der Waals surface area contributed by atoms with Crippen LogP contribution in [0.25, 0.3) is 0 Å². The van der Waals surface area contributed by atoms with E-state index in [1.807, 2.05) is 81.4 Å². The molecular weight excluding hydrogens is 626 g/mol. The molecule has 9 heteroatoms. The van der Waals surface area contributed by atoms with Crippen molar-refractivity contribution in [1.82, 2.24) is 10.2 Å². The van der Waals surface area contributed by atoms with Crippen LogP contribution in [0.4, 0.5) is 5.69 Å². The van der Waals surface area contributed by atoms with Gasteiger partial charge in [0.05, 0.1) is 10.6 Å². The number of hydrogen-bond donors (Lipinski definition) is 1. The van der Waals surface area contributed by atoms with Gasteiger partial charge in [-0.2, -0.15) is 0 Å². The Morgan fingerprint density at radius 3 is 2.05 bits per heavy atom. The number of nitrogens with zero attached hydrogens (tertiary/aromatic N) is 2. The number of hydrogen-bond acceptors (Lipinski definition) is 4. The smallest absolute Gasteiger partial charge is 0.264 e. The van der Waals surface area contributed by atoms with E-state index in [9.17, 15) is 18.0 Å². The summed E-state index contributed by atoms with van der Waals surface area (Å²) < 4.78 is 30.0. The Bertz CT molecular complexity index is 1630. The van der Waals surface area contributed by atoms with Crippen molar-refractivity contribution in [2.75, 3.05) is 10.8 Å². The van der Waals surface area contributed by atoms with Gasteiger partial charge in [0.25, 0.3) is 10.0 Å². The first-order chi connectivity index (χ1) is 20.5. The molecular formula is C34H36BrN3O4S. The van der Waals surface area contributed by atoms with Crippen molar-refractivity contribution in [2.45, 2.75) is 50.7 Å². The molecule has 1 N–H and O–H groups in total. The lowest BCUT2D eigenvalue weighted by Gasteiger charge is -2.34. The predicted molar refractivity (Wildman–Crippen MR) is 174 cm³/mol. The minimum Gasteiger partial charge on any atom is -0.352 e. The molecule has 0 radical (unpaired) electrons. The lowest BCUT2D eigenvalue weighted by Crippen LogP contribution is -2.54. The predicted octanol–water partition coefficient (Wildman–Crippen LogP) is 6.12. The first-order valence-electron chi connectivity index (χ1n) is 14.1. The van der Waals surface area contributed by atoms with Gasteiger partial charge in [0.1, 0.15) is 12.6 Å². The van der Waals surface area contributed by atoms with Crippen molar-refractivity contribution in [3.8, 4) is 0 Å². The van der Waals surface area contributed by atoms with Gasteiger partial charge < -0.3 is 10.2 Å². The van der Waals surface area contributed by atoms with E-state index in [1.165, 1.54) is 17.0 Å². The van der Waals surface area contributed by atoms with Crippen LogP contribution < -0.4 is 9.62 Å². The van der Waals surface area contributed by atoms with Crippen LogP contribution >= 0.6 is 15.9 Å². The number of carbonyl (C=O) groups is 2. The number of carbonyl (C=O) groups excluding carboxylic acids is 2. The van der Waals surface area contributed by atoms with Crippen LogP contribution in [0.3, 0.4) is 0 Å². The zero-order chi connectivity index (χ0) is 31.0. The van der Waals surface area contributed by atoms with Crippen LogP contribution in [-0.4, -0.2) is 43.8 Å². The Kier molecular flexibility index (Phi) is 10.8. The number of halogens is 1. The van der Waals surface area contributed by atoms with E-state index in [4.69, 9.17) is 0 Å². The third-order valence-electron chi connectivity index (χ3n) is 6.87. The van der Waals surface area contributed by atoms with Crippen LogP contribution in [0, 0.1) is 6.92 Å². The minimum absolute atomic E-state index is 0.0714. The minimum atomic E-state index is -4.12. The molecule has 4 aromatic carbocycles. The first-order valence-corrected chi connectivity index (χ1v) is 16.3. The second-order valence-electron chi connectivity index (χ2n) is 10.7. The van der Waals surface area contributed by atoms with Crippen LogP contribution in [0.5, 0.6) is 0 Å². The Morgan fingerprint density at radius 2 is 1.44 bits per heavy atom. The third kappa shape index (κ3) is 8.55. The maximum Gasteiger partial charge on any atom is 0.264 e. The highest BCUT2D eigenvalue weighted by Gasteiger charge is 2.34. The highest BCUT2D eigenvalue weighted by Crippen LogP contribution is 2.26. The summed E-state index contributed by atoms with van der Waals surface area (Å²) in [5, 5.41) is 2.97. The van der Waals surface area contributed by atoms with Gasteiger partial charge in [-0.25, -0.2) is 8.42 Å². The summed E-state index contributed by atoms with van der Waals surface area (Å²) in [7, 11) is -4.12. The van der Waals surface area contributed by atoms with E-state index in [0.717, 1.165) is 25.5 Å². The molecule has 0 saturated carbocycles. The lowest BCUT2D eigenvalue weighted by atomic mass is 10.0. The molecule has 0 aliphatic heterocycles. The fourth-order valence-electron chi connectivity index (χ4n) is 4.75. The van der Waals surface area contributed by atoms with Crippen molar-refractivity contribution >= 4 is 43.5 Å². The number of aryl methyl sites for hydroxylation is 1. The Morgan fingerprint density at radius 1 is 0.814 bits per heavy atom. The van der Waals surface area contributed by atoms with Crippen LogP contribution in [0.1, 0.15) is 30.5 Å². The Labute approximate surface area is 262 Å². The lowest BCUT2D eigenvalue weighted by molar-refractivity contribution is -0.140. The summed E-state index contributed by atoms with van der Waals surface area (Å²) >= 11 is 3.45. The van der Waals surface area contributed by atoms with E-state index < -0.39 is 28.5 Å². The van der Waals surface area contributed by atoms with Crippen LogP contribution in [-0.2, 0) is 32.6 Å². The molecule has 43 heavy (non-hydrogen) atoms. The average Bonchev–Trinajstić information content (AvgIpc) is 2.99. The van der Waals surface area contributed by atoms with Gasteiger partial charge in [-0.05, 0) is 73.9 Å². The maximum atomic E-state index is 14.4. The quantitative estimate of drug-likeness (QED) is 0.198. The molecule has 0 fully saturated rings. The summed E-state index contributed by atoms with van der Waals surface area (Å²) in [6, 6.07) is 31.0. The monoisotopic (exact) mass is 661 g/mol. The van der Waals surface area contributed by atoms with Gasteiger partial charge in [-0.1, -0.05) is 88.7 Å². The molecule has 0 saturated heterocycles. The number of amides is 2. The van der Waals surface area contributed by atoms with Gasteiger partial charge >= 0.3 is 0 Å². The Hall–Kier alpha value is -3.95. The standard InChI is InChI=1S/C34H36BrN3O4S/c1-25(2)36-34(40)32(22-27-12-6-4-7-13-27)37(23-28-17-19-29(35)20-18-28)33(39)24-38(30-14-10-11-26(3)21-30)43(41,42)31-15-8-5-9-16-31/h4-21,25,32H,22-24H2,1-3H3,(H,36,40)/t32-/m0/s1. The number of rotatable bonds is 12. The zero-order valence-corrected chi connectivity index (χ0v) is 26.9. The van der Waals surface area contributed by atoms with Gasteiger partial charge in [-0.3, -0.25) is 13.9 Å². The molecule has 4 rings (SSSR count). The van der Waals surface area contributed by atoms with Gasteiger partial charge in [0.2, 0.25) is 11.8 Å². The molecule has 0 heterocycles. The summed E-state index contributed by atoms with van der Waals surface area (Å²) in [5.74, 6) is -0.805. The molecule has 0 bridgehead atoms. The Balaban J connectivity index is 1.80. The van der Waals surface area contributed by atoms with Crippen molar-refractivity contribution < 1.29 is 18.0 Å². The van der Waals surface area contributed by atoms with Crippen LogP contribution in [0.15, 0.2) is 119 Å². The van der Waals surface area contributed by atoms with Gasteiger partial charge in [0, 0.05) is 23.5 Å². The third-order valence-corrected chi connectivity index (χ3v) is 9.18. The SMILES string of the molecule is Cc1cccc(N(CC(=O)N(Cc2ccc(Br)cc2)[C@@H](Cc2ccccc2)C(=O)NC(C)C)S(=O)(=O)c2ccccc2)c1. The second kappa shape index (κ2) is 14.5. The molecule has 0 aromatic heterocycles. The summed E-state index contributed by atoms with van der Waals surface area (Å²) in [5.41, 5.74) is 2.91. The topological polar surface area (TPSA) is 86.8 Å². The highest BCUT2D eigenvalue weighted by atomic mass is 79.9. The second-order valence-corrected chi connectivity index (χ2v) is 13.5. The molecule has 0 aliphatic carbocycles. The van der Waals surface area contributed by atoms with E-state index >= 15 is 0 Å². The van der Waals surface area contributed by atoms with E-state index in [1.54, 1.807) is 36.4 Å². The molecule has 4 aromatic rings. The van der Waals surface area contributed by atoms with E-state index in [2.05, 4.69) is 21.2 Å². The highest BCUT2D eigenvalue weighted by molar-refractivity contribution is 9.10. The van der Waals surface area contributed by atoms with Gasteiger partial charge in [-0.15, -0.1) is 0 Å². The molecule has 7 nitrogen and oxygen atoms in total. The number of benzene rings is 4. The summed E-state index contributed by atoms with van der Waals surface area (Å²) in [6.07, 6.45) is 0.261. The summed E-state index contributed by atoms with van der Waals surface area (Å²) in [6.45, 7) is 5.22. The zero-order valence-electron chi connectivity index (χ0n) is 24.5. The van der Waals surface area contributed by atoms with Crippen LogP contribution in [0.2, 0.25) is 0 Å². The number of anilines is 1. The largest absolute Gasteiger partial charge is 0.352 e. The fraction of sp³-hybridized carbons (Fsp3) is 0.235. The molecule has 0 unspecified atom stereocenters. The van der Waals surface area contributed by atoms with Crippen molar-refractivity contribution in [3.63, 3.8) is 0 Å². The average molecular weight is 663 g/mol. The molecule has 0 spiro atoms. The van der Waals surface area contributed by atoms with E-state index in [-0.39, 0.29) is 29.8 Å². The normalized spacial score (nSPS) is 12.0. The van der Waals surface area contributed by atoms with Gasteiger partial charge in [0.15, 0.2) is 0 Å². The maximum absolute atomic E-state index is 14.4.